The Balaban J connectivity index is 1.79. The van der Waals surface area contributed by atoms with Crippen molar-refractivity contribution in [3.63, 3.8) is 0 Å². The average Bonchev–Trinajstić information content (AvgIpc) is 3.81. The van der Waals surface area contributed by atoms with Gasteiger partial charge in [0.15, 0.2) is 0 Å². The fourth-order valence-corrected chi connectivity index (χ4v) is 8.60. The topological polar surface area (TPSA) is 133 Å². The highest BCUT2D eigenvalue weighted by atomic mass is 32.1. The molecule has 7 atom stereocenters. The molecule has 1 saturated heterocycles. The number of thiazole rings is 1. The second-order valence-corrected chi connectivity index (χ2v) is 16.8. The number of nitrogens with one attached hydrogen (secondary N) is 3. The van der Waals surface area contributed by atoms with Gasteiger partial charge in [0, 0.05) is 50.2 Å². The Morgan fingerprint density at radius 3 is 2.36 bits per heavy atom. The van der Waals surface area contributed by atoms with Crippen molar-refractivity contribution in [1.29, 1.82) is 0 Å². The first-order chi connectivity index (χ1) is 25.1. The minimum Gasteiger partial charge on any atom is -0.379 e. The lowest BCUT2D eigenvalue weighted by Gasteiger charge is -2.44. The van der Waals surface area contributed by atoms with E-state index in [4.69, 9.17) is 4.74 Å². The highest BCUT2D eigenvalue weighted by Crippen LogP contribution is 2.35. The van der Waals surface area contributed by atoms with E-state index in [2.05, 4.69) is 51.8 Å². The molecule has 1 aromatic heterocycles. The SMILES string of the molecule is CCC(C)C(C(CC(=O)N1CCCC1(CC(C)C(=O)NC(Cc1ccccc1)c1nccs1)NC)OC)N(C)CC(C=O)(NC(=O)CC(C)C)C(C)C. The van der Waals surface area contributed by atoms with Gasteiger partial charge in [-0.3, -0.25) is 24.6 Å². The van der Waals surface area contributed by atoms with E-state index in [0.717, 1.165) is 36.1 Å². The van der Waals surface area contributed by atoms with Crippen LogP contribution >= 0.6 is 11.3 Å². The number of likely N-dealkylation sites (tertiary alicyclic amines) is 1. The van der Waals surface area contributed by atoms with Gasteiger partial charge in [-0.25, -0.2) is 4.98 Å². The maximum absolute atomic E-state index is 14.4. The Kier molecular flexibility index (Phi) is 17.1. The molecular formula is C41H66N6O5S. The molecule has 296 valence electrons. The molecule has 1 aliphatic rings. The number of nitrogens with zero attached hydrogens (tertiary/aromatic N) is 3. The Morgan fingerprint density at radius 1 is 1.11 bits per heavy atom. The fraction of sp³-hybridized carbons (Fsp3) is 0.683. The van der Waals surface area contributed by atoms with Gasteiger partial charge >= 0.3 is 0 Å². The zero-order valence-corrected chi connectivity index (χ0v) is 34.6. The van der Waals surface area contributed by atoms with Crippen molar-refractivity contribution in [2.75, 3.05) is 34.3 Å². The summed E-state index contributed by atoms with van der Waals surface area (Å²) >= 11 is 1.53. The van der Waals surface area contributed by atoms with Gasteiger partial charge in [0.1, 0.15) is 16.8 Å². The molecule has 2 aromatic rings. The number of likely N-dealkylation sites (N-methyl/N-ethyl adjacent to an activating group) is 1. The number of amides is 3. The maximum atomic E-state index is 14.4. The summed E-state index contributed by atoms with van der Waals surface area (Å²) in [7, 11) is 5.45. The first-order valence-corrected chi connectivity index (χ1v) is 20.3. The normalized spacial score (nSPS) is 20.1. The van der Waals surface area contributed by atoms with Gasteiger partial charge in [0.05, 0.1) is 24.2 Å². The number of benzene rings is 1. The quantitative estimate of drug-likeness (QED) is 0.132. The second kappa shape index (κ2) is 20.5. The molecule has 2 heterocycles. The first-order valence-electron chi connectivity index (χ1n) is 19.4. The van der Waals surface area contributed by atoms with Crippen molar-refractivity contribution in [2.45, 2.75) is 123 Å². The van der Waals surface area contributed by atoms with Gasteiger partial charge in [-0.2, -0.15) is 0 Å². The number of rotatable bonds is 22. The van der Waals surface area contributed by atoms with Crippen LogP contribution in [0.2, 0.25) is 0 Å². The number of carbonyl (C=O) groups is 4. The number of hydrogen-bond acceptors (Lipinski definition) is 9. The molecule has 3 rings (SSSR count). The van der Waals surface area contributed by atoms with Gasteiger partial charge in [0.25, 0.3) is 0 Å². The van der Waals surface area contributed by atoms with Crippen molar-refractivity contribution in [1.82, 2.24) is 30.7 Å². The van der Waals surface area contributed by atoms with E-state index in [1.54, 1.807) is 13.3 Å². The maximum Gasteiger partial charge on any atom is 0.226 e. The second-order valence-electron chi connectivity index (χ2n) is 15.9. The number of ether oxygens (including phenoxy) is 1. The molecule has 0 bridgehead atoms. The average molecular weight is 755 g/mol. The number of aromatic nitrogens is 1. The van der Waals surface area contributed by atoms with Crippen molar-refractivity contribution in [2.24, 2.45) is 23.7 Å². The molecule has 0 radical (unpaired) electrons. The summed E-state index contributed by atoms with van der Waals surface area (Å²) in [5.41, 5.74) is -0.669. The summed E-state index contributed by atoms with van der Waals surface area (Å²) < 4.78 is 6.12. The third-order valence-corrected chi connectivity index (χ3v) is 12.1. The Labute approximate surface area is 322 Å². The lowest BCUT2D eigenvalue weighted by molar-refractivity contribution is -0.143. The lowest BCUT2D eigenvalue weighted by Crippen LogP contribution is -2.63. The van der Waals surface area contributed by atoms with Crippen LogP contribution in [0.4, 0.5) is 0 Å². The largest absolute Gasteiger partial charge is 0.379 e. The lowest BCUT2D eigenvalue weighted by atomic mass is 9.84. The van der Waals surface area contributed by atoms with Crippen LogP contribution in [0.5, 0.6) is 0 Å². The molecule has 7 unspecified atom stereocenters. The van der Waals surface area contributed by atoms with E-state index in [1.807, 2.05) is 77.2 Å². The van der Waals surface area contributed by atoms with Gasteiger partial charge < -0.3 is 25.1 Å². The number of methoxy groups -OCH3 is 1. The molecule has 3 amide bonds. The Hall–Kier alpha value is -3.19. The first kappa shape index (κ1) is 44.2. The summed E-state index contributed by atoms with van der Waals surface area (Å²) in [6.45, 7) is 14.9. The van der Waals surface area contributed by atoms with Crippen molar-refractivity contribution < 1.29 is 23.9 Å². The van der Waals surface area contributed by atoms with Gasteiger partial charge in [0.2, 0.25) is 17.7 Å². The smallest absolute Gasteiger partial charge is 0.226 e. The third-order valence-electron chi connectivity index (χ3n) is 11.2. The standard InChI is InChI=1S/C41H66N6O5S/c1-11-30(6)37(46(9)26-40(27-48,29(4)5)45-35(49)22-28(2)3)34(52-10)24-36(50)47-20-15-18-41(47,42-8)25-31(7)38(51)44-33(39-43-19-21-53-39)23-32-16-13-12-14-17-32/h12-14,16-17,19,21,27-31,33-34,37,42H,11,15,18,20,22-26H2,1-10H3,(H,44,51)(H,45,49). The van der Waals surface area contributed by atoms with Crippen LogP contribution in [0.15, 0.2) is 41.9 Å². The van der Waals surface area contributed by atoms with Gasteiger partial charge in [-0.1, -0.05) is 85.2 Å². The fourth-order valence-electron chi connectivity index (χ4n) is 7.91. The molecule has 3 N–H and O–H groups in total. The molecule has 1 aliphatic heterocycles. The van der Waals surface area contributed by atoms with Crippen LogP contribution in [0.1, 0.15) is 104 Å². The van der Waals surface area contributed by atoms with E-state index in [9.17, 15) is 19.2 Å². The molecular weight excluding hydrogens is 689 g/mol. The minimum absolute atomic E-state index is 0.0431. The van der Waals surface area contributed by atoms with E-state index in [1.165, 1.54) is 11.3 Å². The predicted octanol–water partition coefficient (Wildman–Crippen LogP) is 5.62. The molecule has 12 heteroatoms. The number of aldehydes is 1. The van der Waals surface area contributed by atoms with Crippen LogP contribution in [-0.2, 0) is 30.3 Å². The van der Waals surface area contributed by atoms with Crippen LogP contribution in [0.3, 0.4) is 0 Å². The summed E-state index contributed by atoms with van der Waals surface area (Å²) in [5, 5.41) is 12.6. The van der Waals surface area contributed by atoms with Crippen molar-refractivity contribution in [3.05, 3.63) is 52.5 Å². The number of carbonyl (C=O) groups excluding carboxylic acids is 4. The van der Waals surface area contributed by atoms with Crippen LogP contribution in [0, 0.1) is 23.7 Å². The Bertz CT molecular complexity index is 1440. The molecule has 11 nitrogen and oxygen atoms in total. The minimum atomic E-state index is -1.10. The van der Waals surface area contributed by atoms with Gasteiger partial charge in [-0.15, -0.1) is 11.3 Å². The molecule has 0 aliphatic carbocycles. The van der Waals surface area contributed by atoms with Crippen molar-refractivity contribution in [3.8, 4) is 0 Å². The van der Waals surface area contributed by atoms with E-state index in [-0.39, 0.29) is 66.4 Å². The third kappa shape index (κ3) is 11.7. The van der Waals surface area contributed by atoms with Crippen molar-refractivity contribution >= 4 is 35.3 Å². The summed E-state index contributed by atoms with van der Waals surface area (Å²) in [6, 6.07) is 9.62. The van der Waals surface area contributed by atoms with E-state index in [0.29, 0.717) is 25.8 Å². The molecule has 53 heavy (non-hydrogen) atoms. The highest BCUT2D eigenvalue weighted by molar-refractivity contribution is 7.09. The summed E-state index contributed by atoms with van der Waals surface area (Å²) in [5.74, 6) is -0.528. The summed E-state index contributed by atoms with van der Waals surface area (Å²) in [4.78, 5) is 62.4. The zero-order valence-electron chi connectivity index (χ0n) is 33.8. The molecule has 0 spiro atoms. The summed E-state index contributed by atoms with van der Waals surface area (Å²) in [6.07, 6.45) is 6.09. The van der Waals surface area contributed by atoms with E-state index < -0.39 is 17.3 Å². The predicted molar refractivity (Wildman–Crippen MR) is 212 cm³/mol. The van der Waals surface area contributed by atoms with E-state index >= 15 is 0 Å². The Morgan fingerprint density at radius 2 is 1.81 bits per heavy atom. The van der Waals surface area contributed by atoms with Crippen LogP contribution < -0.4 is 16.0 Å². The number of hydrogen-bond donors (Lipinski definition) is 3. The molecule has 0 saturated carbocycles. The van der Waals surface area contributed by atoms with Crippen LogP contribution in [-0.4, -0.2) is 96.4 Å². The zero-order chi connectivity index (χ0) is 39.3. The highest BCUT2D eigenvalue weighted by Gasteiger charge is 2.46. The van der Waals surface area contributed by atoms with Gasteiger partial charge in [-0.05, 0) is 63.1 Å². The molecule has 1 fully saturated rings. The van der Waals surface area contributed by atoms with Crippen LogP contribution in [0.25, 0.3) is 0 Å². The molecule has 1 aromatic carbocycles. The monoisotopic (exact) mass is 754 g/mol.